The Morgan fingerprint density at radius 1 is 1.25 bits per heavy atom. The van der Waals surface area contributed by atoms with Crippen molar-refractivity contribution in [3.63, 3.8) is 0 Å². The van der Waals surface area contributed by atoms with Gasteiger partial charge in [0.05, 0.1) is 13.2 Å². The van der Waals surface area contributed by atoms with E-state index in [2.05, 4.69) is 11.8 Å². The largest absolute Gasteiger partial charge is 0.480 e. The van der Waals surface area contributed by atoms with E-state index in [0.717, 1.165) is 45.0 Å². The molecule has 0 saturated carbocycles. The average Bonchev–Trinajstić information content (AvgIpc) is 3.18. The molecule has 2 fully saturated rings. The van der Waals surface area contributed by atoms with Gasteiger partial charge in [-0.05, 0) is 24.1 Å². The summed E-state index contributed by atoms with van der Waals surface area (Å²) in [6, 6.07) is 4.84. The van der Waals surface area contributed by atoms with Gasteiger partial charge in [0.2, 0.25) is 0 Å². The molecule has 0 N–H and O–H groups in total. The first-order chi connectivity index (χ1) is 11.6. The highest BCUT2D eigenvalue weighted by Gasteiger charge is 2.40. The fourth-order valence-corrected chi connectivity index (χ4v) is 4.07. The Bertz CT molecular complexity index is 633. The number of likely N-dealkylation sites (tertiary alicyclic amines) is 1. The summed E-state index contributed by atoms with van der Waals surface area (Å²) in [5.41, 5.74) is 0.783. The highest BCUT2D eigenvalue weighted by molar-refractivity contribution is 5.83. The van der Waals surface area contributed by atoms with Crippen molar-refractivity contribution in [1.82, 2.24) is 9.80 Å². The minimum atomic E-state index is -0.516. The van der Waals surface area contributed by atoms with Crippen molar-refractivity contribution in [2.24, 2.45) is 5.92 Å². The first-order valence-electron chi connectivity index (χ1n) is 8.67. The Morgan fingerprint density at radius 3 is 2.83 bits per heavy atom. The fraction of sp³-hybridized carbons (Fsp3) is 0.611. The van der Waals surface area contributed by atoms with Crippen LogP contribution in [0.4, 0.5) is 4.39 Å². The number of hydrogen-bond donors (Lipinski definition) is 0. The van der Waals surface area contributed by atoms with Crippen LogP contribution in [0.1, 0.15) is 12.5 Å². The third kappa shape index (κ3) is 2.89. The van der Waals surface area contributed by atoms with Crippen LogP contribution >= 0.6 is 0 Å². The molecule has 1 aromatic carbocycles. The molecular formula is C18H23FN2O3. The lowest BCUT2D eigenvalue weighted by molar-refractivity contribution is -0.137. The molecule has 1 amide bonds. The molecule has 5 nitrogen and oxygen atoms in total. The van der Waals surface area contributed by atoms with Gasteiger partial charge in [-0.2, -0.15) is 0 Å². The number of rotatable bonds is 2. The first kappa shape index (κ1) is 15.8. The number of hydrogen-bond acceptors (Lipinski definition) is 4. The predicted molar refractivity (Wildman–Crippen MR) is 86.4 cm³/mol. The monoisotopic (exact) mass is 334 g/mol. The van der Waals surface area contributed by atoms with Gasteiger partial charge in [0.25, 0.3) is 5.91 Å². The van der Waals surface area contributed by atoms with Crippen molar-refractivity contribution in [3.05, 3.63) is 29.6 Å². The third-order valence-electron chi connectivity index (χ3n) is 5.37. The van der Waals surface area contributed by atoms with Gasteiger partial charge in [-0.15, -0.1) is 0 Å². The van der Waals surface area contributed by atoms with Gasteiger partial charge in [0, 0.05) is 44.2 Å². The topological polar surface area (TPSA) is 42.0 Å². The van der Waals surface area contributed by atoms with Gasteiger partial charge in [-0.25, -0.2) is 4.39 Å². The molecule has 4 rings (SSSR count). The van der Waals surface area contributed by atoms with Crippen molar-refractivity contribution in [2.45, 2.75) is 25.5 Å². The van der Waals surface area contributed by atoms with E-state index < -0.39 is 6.10 Å². The third-order valence-corrected chi connectivity index (χ3v) is 5.37. The maximum absolute atomic E-state index is 13.3. The van der Waals surface area contributed by atoms with E-state index in [4.69, 9.17) is 9.47 Å². The Hall–Kier alpha value is -1.66. The molecule has 0 aliphatic carbocycles. The van der Waals surface area contributed by atoms with Crippen LogP contribution in [0.5, 0.6) is 5.75 Å². The molecule has 2 saturated heterocycles. The molecule has 3 aliphatic heterocycles. The normalized spacial score (nSPS) is 30.2. The van der Waals surface area contributed by atoms with E-state index in [9.17, 15) is 9.18 Å². The predicted octanol–water partition coefficient (Wildman–Crippen LogP) is 1.31. The maximum atomic E-state index is 13.3. The molecule has 1 aromatic rings. The smallest absolute Gasteiger partial charge is 0.264 e. The summed E-state index contributed by atoms with van der Waals surface area (Å²) in [5.74, 6) is 0.807. The number of morpholine rings is 1. The number of amides is 1. The van der Waals surface area contributed by atoms with Crippen molar-refractivity contribution < 1.29 is 18.7 Å². The Kier molecular flexibility index (Phi) is 4.18. The number of benzene rings is 1. The molecule has 3 atom stereocenters. The molecule has 0 radical (unpaired) electrons. The van der Waals surface area contributed by atoms with Gasteiger partial charge in [0.1, 0.15) is 11.6 Å². The molecular weight excluding hydrogens is 311 g/mol. The second-order valence-electron chi connectivity index (χ2n) is 7.00. The Balaban J connectivity index is 1.41. The van der Waals surface area contributed by atoms with Crippen LogP contribution in [-0.2, 0) is 16.0 Å². The number of ether oxygens (including phenoxy) is 2. The van der Waals surface area contributed by atoms with E-state index in [-0.39, 0.29) is 11.7 Å². The number of nitrogens with zero attached hydrogens (tertiary/aromatic N) is 2. The van der Waals surface area contributed by atoms with Crippen LogP contribution in [0, 0.1) is 11.7 Å². The molecule has 6 heteroatoms. The van der Waals surface area contributed by atoms with Crippen molar-refractivity contribution >= 4 is 5.91 Å². The molecule has 0 bridgehead atoms. The lowest BCUT2D eigenvalue weighted by atomic mass is 10.0. The Morgan fingerprint density at radius 2 is 2.04 bits per heavy atom. The number of carbonyl (C=O) groups is 1. The van der Waals surface area contributed by atoms with E-state index in [0.29, 0.717) is 24.1 Å². The summed E-state index contributed by atoms with van der Waals surface area (Å²) in [6.07, 6.45) is -0.0589. The van der Waals surface area contributed by atoms with Crippen molar-refractivity contribution in [1.29, 1.82) is 0 Å². The molecule has 0 aromatic heterocycles. The molecule has 0 unspecified atom stereocenters. The summed E-state index contributed by atoms with van der Waals surface area (Å²) < 4.78 is 24.5. The van der Waals surface area contributed by atoms with E-state index in [1.54, 1.807) is 6.07 Å². The zero-order valence-corrected chi connectivity index (χ0v) is 13.9. The van der Waals surface area contributed by atoms with Gasteiger partial charge in [-0.1, -0.05) is 6.92 Å². The minimum Gasteiger partial charge on any atom is -0.480 e. The highest BCUT2D eigenvalue weighted by atomic mass is 19.1. The zero-order chi connectivity index (χ0) is 16.7. The number of carbonyl (C=O) groups excluding carboxylic acids is 1. The summed E-state index contributed by atoms with van der Waals surface area (Å²) >= 11 is 0. The first-order valence-corrected chi connectivity index (χ1v) is 8.67. The second kappa shape index (κ2) is 6.33. The highest BCUT2D eigenvalue weighted by Crippen LogP contribution is 2.31. The lowest BCUT2D eigenvalue weighted by Crippen LogP contribution is -2.47. The molecule has 24 heavy (non-hydrogen) atoms. The SMILES string of the molecule is C[C@@H]1CN(C(=O)[C@H]2Cc3cc(F)ccc3O2)C[C@@H]1N1CCOCC1. The quantitative estimate of drug-likeness (QED) is 0.818. The molecule has 130 valence electrons. The number of halogens is 1. The Labute approximate surface area is 141 Å². The molecule has 3 aliphatic rings. The average molecular weight is 334 g/mol. The van der Waals surface area contributed by atoms with Crippen LogP contribution in [-0.4, -0.2) is 67.2 Å². The fourth-order valence-electron chi connectivity index (χ4n) is 4.07. The second-order valence-corrected chi connectivity index (χ2v) is 7.00. The standard InChI is InChI=1S/C18H23FN2O3/c1-12-10-21(11-15(12)20-4-6-23-7-5-20)18(22)17-9-13-8-14(19)2-3-16(13)24-17/h2-3,8,12,15,17H,4-7,9-11H2,1H3/t12-,15+,17-/m1/s1. The van der Waals surface area contributed by atoms with Gasteiger partial charge in [0.15, 0.2) is 6.10 Å². The van der Waals surface area contributed by atoms with Gasteiger partial charge in [-0.3, -0.25) is 9.69 Å². The maximum Gasteiger partial charge on any atom is 0.264 e. The van der Waals surface area contributed by atoms with Crippen LogP contribution in [0.15, 0.2) is 18.2 Å². The van der Waals surface area contributed by atoms with Crippen LogP contribution in [0.25, 0.3) is 0 Å². The van der Waals surface area contributed by atoms with Crippen LogP contribution in [0.2, 0.25) is 0 Å². The zero-order valence-electron chi connectivity index (χ0n) is 13.9. The van der Waals surface area contributed by atoms with Crippen LogP contribution < -0.4 is 4.74 Å². The van der Waals surface area contributed by atoms with Crippen LogP contribution in [0.3, 0.4) is 0 Å². The summed E-state index contributed by atoms with van der Waals surface area (Å²) in [6.45, 7) is 7.10. The summed E-state index contributed by atoms with van der Waals surface area (Å²) in [5, 5.41) is 0. The van der Waals surface area contributed by atoms with Gasteiger partial charge < -0.3 is 14.4 Å². The summed E-state index contributed by atoms with van der Waals surface area (Å²) in [7, 11) is 0. The van der Waals surface area contributed by atoms with Gasteiger partial charge >= 0.3 is 0 Å². The molecule has 3 heterocycles. The van der Waals surface area contributed by atoms with Crippen molar-refractivity contribution in [3.8, 4) is 5.75 Å². The van der Waals surface area contributed by atoms with E-state index in [1.165, 1.54) is 12.1 Å². The number of fused-ring (bicyclic) bond motifs is 1. The van der Waals surface area contributed by atoms with E-state index >= 15 is 0 Å². The minimum absolute atomic E-state index is 0.0224. The van der Waals surface area contributed by atoms with Crippen molar-refractivity contribution in [2.75, 3.05) is 39.4 Å². The summed E-state index contributed by atoms with van der Waals surface area (Å²) in [4.78, 5) is 17.2. The molecule has 0 spiro atoms. The van der Waals surface area contributed by atoms with E-state index in [1.807, 2.05) is 4.90 Å². The lowest BCUT2D eigenvalue weighted by Gasteiger charge is -2.34.